The minimum absolute atomic E-state index is 1.15. The molecule has 0 aliphatic heterocycles. The Morgan fingerprint density at radius 1 is 0.517 bits per heavy atom. The van der Waals surface area contributed by atoms with Gasteiger partial charge in [-0.15, -0.1) is 0 Å². The highest BCUT2D eigenvalue weighted by Gasteiger charge is 2.03. The first-order valence-corrected chi connectivity index (χ1v) is 12.4. The number of nitrogens with zero attached hydrogens (tertiary/aromatic N) is 1. The van der Waals surface area contributed by atoms with Crippen LogP contribution >= 0.6 is 0 Å². The Morgan fingerprint density at radius 3 is 1.41 bits per heavy atom. The second kappa shape index (κ2) is 15.2. The number of hydrogen-bond donors (Lipinski definition) is 0. The quantitative estimate of drug-likeness (QED) is 0.199. The van der Waals surface area contributed by atoms with E-state index in [2.05, 4.69) is 67.2 Å². The van der Waals surface area contributed by atoms with E-state index < -0.39 is 0 Å². The highest BCUT2D eigenvalue weighted by atomic mass is 14.9. The molecule has 0 N–H and O–H groups in total. The smallest absolute Gasteiger partial charge is 0.169 e. The first kappa shape index (κ1) is 23.6. The molecule has 29 heavy (non-hydrogen) atoms. The lowest BCUT2D eigenvalue weighted by Crippen LogP contribution is -2.32. The van der Waals surface area contributed by atoms with Crippen LogP contribution in [0.25, 0.3) is 11.1 Å². The molecular formula is C28H44N+. The van der Waals surface area contributed by atoms with Gasteiger partial charge in [-0.3, -0.25) is 0 Å². The fraction of sp³-hybridized carbons (Fsp3) is 0.607. The SMILES string of the molecule is CCCCCCCCCCCCCCCC[n+]1ccc(-c2ccc(C)cc2)cc1. The van der Waals surface area contributed by atoms with Gasteiger partial charge >= 0.3 is 0 Å². The van der Waals surface area contributed by atoms with Gasteiger partial charge in [0.2, 0.25) is 0 Å². The maximum absolute atomic E-state index is 2.33. The summed E-state index contributed by atoms with van der Waals surface area (Å²) in [6.07, 6.45) is 24.4. The van der Waals surface area contributed by atoms with E-state index >= 15 is 0 Å². The van der Waals surface area contributed by atoms with E-state index in [4.69, 9.17) is 0 Å². The van der Waals surface area contributed by atoms with Crippen molar-refractivity contribution in [2.75, 3.05) is 0 Å². The van der Waals surface area contributed by atoms with Crippen LogP contribution in [0.15, 0.2) is 48.8 Å². The van der Waals surface area contributed by atoms with Gasteiger partial charge in [0.05, 0.1) is 0 Å². The Balaban J connectivity index is 1.44. The summed E-state index contributed by atoms with van der Waals surface area (Å²) in [6, 6.07) is 13.3. The zero-order chi connectivity index (χ0) is 20.6. The molecule has 0 radical (unpaired) electrons. The third kappa shape index (κ3) is 10.6. The Morgan fingerprint density at radius 2 is 0.931 bits per heavy atom. The molecule has 1 aromatic carbocycles. The molecule has 0 aliphatic rings. The Bertz CT molecular complexity index is 626. The minimum atomic E-state index is 1.15. The average Bonchev–Trinajstić information content (AvgIpc) is 2.75. The summed E-state index contributed by atoms with van der Waals surface area (Å²) >= 11 is 0. The maximum Gasteiger partial charge on any atom is 0.169 e. The molecule has 1 aromatic heterocycles. The highest BCUT2D eigenvalue weighted by molar-refractivity contribution is 5.62. The molecule has 0 aliphatic carbocycles. The van der Waals surface area contributed by atoms with E-state index in [0.29, 0.717) is 0 Å². The third-order valence-corrected chi connectivity index (χ3v) is 6.05. The molecule has 0 unspecified atom stereocenters. The van der Waals surface area contributed by atoms with Crippen molar-refractivity contribution in [3.8, 4) is 11.1 Å². The van der Waals surface area contributed by atoms with E-state index in [1.807, 2.05) is 0 Å². The van der Waals surface area contributed by atoms with Gasteiger partial charge < -0.3 is 0 Å². The fourth-order valence-corrected chi connectivity index (χ4v) is 4.03. The Hall–Kier alpha value is -1.63. The number of aryl methyl sites for hydroxylation is 2. The standard InChI is InChI=1S/C28H44N/c1-3-4-5-6-7-8-9-10-11-12-13-14-15-16-23-29-24-21-28(22-25-29)27-19-17-26(2)18-20-27/h17-22,24-25H,3-16,23H2,1-2H3/q+1. The molecule has 0 spiro atoms. The van der Waals surface area contributed by atoms with Crippen molar-refractivity contribution < 1.29 is 4.57 Å². The van der Waals surface area contributed by atoms with Crippen molar-refractivity contribution in [1.82, 2.24) is 0 Å². The third-order valence-electron chi connectivity index (χ3n) is 6.05. The molecule has 1 nitrogen and oxygen atoms in total. The predicted molar refractivity (Wildman–Crippen MR) is 127 cm³/mol. The Labute approximate surface area is 180 Å². The van der Waals surface area contributed by atoms with Crippen LogP contribution in [0.5, 0.6) is 0 Å². The molecule has 1 heteroatoms. The van der Waals surface area contributed by atoms with Crippen molar-refractivity contribution in [1.29, 1.82) is 0 Å². The molecule has 0 saturated carbocycles. The van der Waals surface area contributed by atoms with Crippen LogP contribution < -0.4 is 4.57 Å². The fourth-order valence-electron chi connectivity index (χ4n) is 4.03. The van der Waals surface area contributed by atoms with Crippen LogP contribution in [0.2, 0.25) is 0 Å². The normalized spacial score (nSPS) is 11.1. The van der Waals surface area contributed by atoms with Crippen molar-refractivity contribution in [3.05, 3.63) is 54.4 Å². The second-order valence-corrected chi connectivity index (χ2v) is 8.79. The molecule has 1 heterocycles. The van der Waals surface area contributed by atoms with E-state index in [1.165, 1.54) is 107 Å². The molecule has 0 saturated heterocycles. The maximum atomic E-state index is 2.33. The van der Waals surface area contributed by atoms with Crippen molar-refractivity contribution in [2.45, 2.75) is 110 Å². The number of benzene rings is 1. The summed E-state index contributed by atoms with van der Waals surface area (Å²) in [5, 5.41) is 0. The van der Waals surface area contributed by atoms with Crippen LogP contribution in [0, 0.1) is 6.92 Å². The van der Waals surface area contributed by atoms with Gasteiger partial charge in [0.25, 0.3) is 0 Å². The van der Waals surface area contributed by atoms with Gasteiger partial charge in [-0.05, 0) is 24.5 Å². The first-order valence-electron chi connectivity index (χ1n) is 12.4. The molecule has 0 fully saturated rings. The van der Waals surface area contributed by atoms with E-state index in [9.17, 15) is 0 Å². The summed E-state index contributed by atoms with van der Waals surface area (Å²) in [5.41, 5.74) is 3.93. The second-order valence-electron chi connectivity index (χ2n) is 8.79. The lowest BCUT2D eigenvalue weighted by molar-refractivity contribution is -0.697. The van der Waals surface area contributed by atoms with Crippen LogP contribution in [-0.4, -0.2) is 0 Å². The lowest BCUT2D eigenvalue weighted by Gasteiger charge is -2.03. The number of aromatic nitrogens is 1. The van der Waals surface area contributed by atoms with Crippen LogP contribution in [0.4, 0.5) is 0 Å². The van der Waals surface area contributed by atoms with Gasteiger partial charge in [0, 0.05) is 18.6 Å². The molecular weight excluding hydrogens is 350 g/mol. The number of rotatable bonds is 16. The van der Waals surface area contributed by atoms with Crippen LogP contribution in [-0.2, 0) is 6.54 Å². The topological polar surface area (TPSA) is 3.88 Å². The monoisotopic (exact) mass is 394 g/mol. The lowest BCUT2D eigenvalue weighted by atomic mass is 10.0. The molecule has 2 aromatic rings. The van der Waals surface area contributed by atoms with Crippen molar-refractivity contribution in [2.24, 2.45) is 0 Å². The summed E-state index contributed by atoms with van der Waals surface area (Å²) in [7, 11) is 0. The number of hydrogen-bond acceptors (Lipinski definition) is 0. The molecule has 0 bridgehead atoms. The van der Waals surface area contributed by atoms with E-state index in [1.54, 1.807) is 0 Å². The Kier molecular flexibility index (Phi) is 12.4. The van der Waals surface area contributed by atoms with Gasteiger partial charge in [-0.1, -0.05) is 114 Å². The largest absolute Gasteiger partial charge is 0.205 e. The van der Waals surface area contributed by atoms with Gasteiger partial charge in [-0.2, -0.15) is 0 Å². The van der Waals surface area contributed by atoms with Crippen molar-refractivity contribution >= 4 is 0 Å². The van der Waals surface area contributed by atoms with Gasteiger partial charge in [0.1, 0.15) is 6.54 Å². The summed E-state index contributed by atoms with van der Waals surface area (Å²) in [5.74, 6) is 0. The highest BCUT2D eigenvalue weighted by Crippen LogP contribution is 2.18. The average molecular weight is 395 g/mol. The van der Waals surface area contributed by atoms with Crippen LogP contribution in [0.1, 0.15) is 102 Å². The van der Waals surface area contributed by atoms with Gasteiger partial charge in [-0.25, -0.2) is 4.57 Å². The van der Waals surface area contributed by atoms with Crippen LogP contribution in [0.3, 0.4) is 0 Å². The summed E-state index contributed by atoms with van der Waals surface area (Å²) < 4.78 is 2.33. The van der Waals surface area contributed by atoms with E-state index in [0.717, 1.165) is 6.54 Å². The minimum Gasteiger partial charge on any atom is -0.205 e. The summed E-state index contributed by atoms with van der Waals surface area (Å²) in [6.45, 7) is 5.58. The summed E-state index contributed by atoms with van der Waals surface area (Å²) in [4.78, 5) is 0. The molecule has 0 amide bonds. The molecule has 0 atom stereocenters. The first-order chi connectivity index (χ1) is 14.3. The number of pyridine rings is 1. The van der Waals surface area contributed by atoms with E-state index in [-0.39, 0.29) is 0 Å². The molecule has 2 rings (SSSR count). The predicted octanol–water partition coefficient (Wildman–Crippen LogP) is 8.43. The molecule has 160 valence electrons. The number of unbranched alkanes of at least 4 members (excludes halogenated alkanes) is 13. The zero-order valence-electron chi connectivity index (χ0n) is 19.2. The van der Waals surface area contributed by atoms with Gasteiger partial charge in [0.15, 0.2) is 12.4 Å². The zero-order valence-corrected chi connectivity index (χ0v) is 19.2. The van der Waals surface area contributed by atoms with Crippen molar-refractivity contribution in [3.63, 3.8) is 0 Å².